The molecule has 0 saturated carbocycles. The number of rotatable bonds is 5. The third-order valence-corrected chi connectivity index (χ3v) is 3.13. The molecule has 21 heavy (non-hydrogen) atoms. The van der Waals surface area contributed by atoms with Crippen molar-refractivity contribution in [3.05, 3.63) is 66.1 Å². The predicted octanol–water partition coefficient (Wildman–Crippen LogP) is 3.67. The minimum atomic E-state index is 0.555. The van der Waals surface area contributed by atoms with Crippen LogP contribution in [0.4, 0.5) is 0 Å². The van der Waals surface area contributed by atoms with Gasteiger partial charge in [0.2, 0.25) is 11.8 Å². The summed E-state index contributed by atoms with van der Waals surface area (Å²) in [5, 5.41) is 7.84. The van der Waals surface area contributed by atoms with Gasteiger partial charge in [-0.25, -0.2) is 0 Å². The number of nitrogens with zero attached hydrogens (tertiary/aromatic N) is 2. The standard InChI is InChI=1S/C17H16N2O2/c1-13-18-19-17(21-13)15-9-7-14(8-10-15)11-12-20-16-5-3-2-4-6-16/h2-10H,11-12H2,1H3. The third kappa shape index (κ3) is 3.48. The average Bonchev–Trinajstić information content (AvgIpc) is 2.96. The van der Waals surface area contributed by atoms with Gasteiger partial charge in [-0.3, -0.25) is 0 Å². The Hall–Kier alpha value is -2.62. The molecule has 0 N–H and O–H groups in total. The zero-order valence-electron chi connectivity index (χ0n) is 11.8. The lowest BCUT2D eigenvalue weighted by Crippen LogP contribution is -2.01. The van der Waals surface area contributed by atoms with Crippen LogP contribution >= 0.6 is 0 Å². The Bertz CT molecular complexity index is 690. The minimum absolute atomic E-state index is 0.555. The molecule has 2 aromatic carbocycles. The first-order valence-corrected chi connectivity index (χ1v) is 6.88. The van der Waals surface area contributed by atoms with Gasteiger partial charge in [0.15, 0.2) is 0 Å². The predicted molar refractivity (Wildman–Crippen MR) is 80.1 cm³/mol. The average molecular weight is 280 g/mol. The van der Waals surface area contributed by atoms with Crippen LogP contribution in [0.3, 0.4) is 0 Å². The van der Waals surface area contributed by atoms with Crippen molar-refractivity contribution in [3.8, 4) is 17.2 Å². The Balaban J connectivity index is 1.57. The quantitative estimate of drug-likeness (QED) is 0.715. The van der Waals surface area contributed by atoms with Gasteiger partial charge in [0.1, 0.15) is 5.75 Å². The molecule has 0 amide bonds. The molecule has 106 valence electrons. The fourth-order valence-corrected chi connectivity index (χ4v) is 2.03. The molecule has 0 spiro atoms. The summed E-state index contributed by atoms with van der Waals surface area (Å²) in [4.78, 5) is 0. The Morgan fingerprint density at radius 2 is 1.71 bits per heavy atom. The van der Waals surface area contributed by atoms with E-state index in [4.69, 9.17) is 9.15 Å². The Morgan fingerprint density at radius 3 is 2.38 bits per heavy atom. The van der Waals surface area contributed by atoms with E-state index in [1.807, 2.05) is 42.5 Å². The summed E-state index contributed by atoms with van der Waals surface area (Å²) >= 11 is 0. The number of aryl methyl sites for hydroxylation is 1. The number of aromatic nitrogens is 2. The first-order chi connectivity index (χ1) is 10.3. The van der Waals surface area contributed by atoms with Crippen molar-refractivity contribution in [1.82, 2.24) is 10.2 Å². The number of hydrogen-bond acceptors (Lipinski definition) is 4. The molecule has 0 radical (unpaired) electrons. The maximum Gasteiger partial charge on any atom is 0.247 e. The highest BCUT2D eigenvalue weighted by Crippen LogP contribution is 2.18. The van der Waals surface area contributed by atoms with Gasteiger partial charge in [0, 0.05) is 18.9 Å². The number of benzene rings is 2. The van der Waals surface area contributed by atoms with E-state index in [2.05, 4.69) is 22.3 Å². The Labute approximate surface area is 123 Å². The van der Waals surface area contributed by atoms with Crippen LogP contribution in [0.2, 0.25) is 0 Å². The van der Waals surface area contributed by atoms with Crippen LogP contribution < -0.4 is 4.74 Å². The molecular formula is C17H16N2O2. The lowest BCUT2D eigenvalue weighted by molar-refractivity contribution is 0.322. The van der Waals surface area contributed by atoms with Gasteiger partial charge in [0.25, 0.3) is 0 Å². The van der Waals surface area contributed by atoms with Crippen molar-refractivity contribution in [1.29, 1.82) is 0 Å². The molecule has 4 heteroatoms. The van der Waals surface area contributed by atoms with Gasteiger partial charge in [-0.15, -0.1) is 10.2 Å². The summed E-state index contributed by atoms with van der Waals surface area (Å²) in [6.45, 7) is 2.44. The van der Waals surface area contributed by atoms with Crippen molar-refractivity contribution >= 4 is 0 Å². The maximum atomic E-state index is 5.69. The molecule has 0 bridgehead atoms. The lowest BCUT2D eigenvalue weighted by atomic mass is 10.1. The van der Waals surface area contributed by atoms with Crippen LogP contribution in [0, 0.1) is 6.92 Å². The zero-order chi connectivity index (χ0) is 14.5. The van der Waals surface area contributed by atoms with Crippen LogP contribution in [-0.2, 0) is 6.42 Å². The molecule has 3 aromatic rings. The summed E-state index contributed by atoms with van der Waals surface area (Å²) in [5.74, 6) is 2.03. The van der Waals surface area contributed by atoms with Gasteiger partial charge in [-0.05, 0) is 29.8 Å². The maximum absolute atomic E-state index is 5.69. The SMILES string of the molecule is Cc1nnc(-c2ccc(CCOc3ccccc3)cc2)o1. The summed E-state index contributed by atoms with van der Waals surface area (Å²) in [5.41, 5.74) is 2.15. The van der Waals surface area contributed by atoms with E-state index in [-0.39, 0.29) is 0 Å². The topological polar surface area (TPSA) is 48.2 Å². The number of hydrogen-bond donors (Lipinski definition) is 0. The van der Waals surface area contributed by atoms with Crippen molar-refractivity contribution in [3.63, 3.8) is 0 Å². The van der Waals surface area contributed by atoms with E-state index in [0.717, 1.165) is 17.7 Å². The summed E-state index contributed by atoms with van der Waals surface area (Å²) in [6, 6.07) is 17.9. The second-order valence-corrected chi connectivity index (χ2v) is 4.73. The fourth-order valence-electron chi connectivity index (χ4n) is 2.03. The number of para-hydroxylation sites is 1. The van der Waals surface area contributed by atoms with Gasteiger partial charge >= 0.3 is 0 Å². The molecule has 0 aliphatic carbocycles. The van der Waals surface area contributed by atoms with Crippen LogP contribution in [-0.4, -0.2) is 16.8 Å². The zero-order valence-corrected chi connectivity index (χ0v) is 11.8. The second-order valence-electron chi connectivity index (χ2n) is 4.73. The molecule has 0 saturated heterocycles. The highest BCUT2D eigenvalue weighted by atomic mass is 16.5. The van der Waals surface area contributed by atoms with Crippen molar-refractivity contribution < 1.29 is 9.15 Å². The van der Waals surface area contributed by atoms with Crippen molar-refractivity contribution in [2.24, 2.45) is 0 Å². The minimum Gasteiger partial charge on any atom is -0.493 e. The highest BCUT2D eigenvalue weighted by Gasteiger charge is 2.05. The van der Waals surface area contributed by atoms with Crippen LogP contribution in [0.5, 0.6) is 5.75 Å². The molecule has 0 aliphatic rings. The number of ether oxygens (including phenoxy) is 1. The Morgan fingerprint density at radius 1 is 0.952 bits per heavy atom. The second kappa shape index (κ2) is 6.22. The molecule has 0 fully saturated rings. The van der Waals surface area contributed by atoms with Crippen LogP contribution in [0.25, 0.3) is 11.5 Å². The molecule has 0 aliphatic heterocycles. The van der Waals surface area contributed by atoms with Crippen molar-refractivity contribution in [2.75, 3.05) is 6.61 Å². The summed E-state index contributed by atoms with van der Waals surface area (Å²) < 4.78 is 11.1. The van der Waals surface area contributed by atoms with Gasteiger partial charge < -0.3 is 9.15 Å². The molecule has 3 rings (SSSR count). The molecule has 0 atom stereocenters. The first kappa shape index (κ1) is 13.4. The first-order valence-electron chi connectivity index (χ1n) is 6.88. The molecule has 1 aromatic heterocycles. The smallest absolute Gasteiger partial charge is 0.247 e. The highest BCUT2D eigenvalue weighted by molar-refractivity contribution is 5.52. The molecule has 0 unspecified atom stereocenters. The van der Waals surface area contributed by atoms with Crippen LogP contribution in [0.15, 0.2) is 59.0 Å². The molecule has 1 heterocycles. The van der Waals surface area contributed by atoms with E-state index in [1.54, 1.807) is 6.92 Å². The van der Waals surface area contributed by atoms with E-state index in [0.29, 0.717) is 18.4 Å². The summed E-state index contributed by atoms with van der Waals surface area (Å²) in [6.07, 6.45) is 0.859. The van der Waals surface area contributed by atoms with E-state index in [1.165, 1.54) is 5.56 Å². The lowest BCUT2D eigenvalue weighted by Gasteiger charge is -2.06. The third-order valence-electron chi connectivity index (χ3n) is 3.13. The molecular weight excluding hydrogens is 264 g/mol. The van der Waals surface area contributed by atoms with Gasteiger partial charge in [-0.2, -0.15) is 0 Å². The monoisotopic (exact) mass is 280 g/mol. The van der Waals surface area contributed by atoms with Crippen LogP contribution in [0.1, 0.15) is 11.5 Å². The van der Waals surface area contributed by atoms with Gasteiger partial charge in [-0.1, -0.05) is 30.3 Å². The Kier molecular flexibility index (Phi) is 3.96. The van der Waals surface area contributed by atoms with E-state index < -0.39 is 0 Å². The van der Waals surface area contributed by atoms with Gasteiger partial charge in [0.05, 0.1) is 6.61 Å². The molecule has 4 nitrogen and oxygen atoms in total. The van der Waals surface area contributed by atoms with E-state index >= 15 is 0 Å². The fraction of sp³-hybridized carbons (Fsp3) is 0.176. The van der Waals surface area contributed by atoms with Crippen molar-refractivity contribution in [2.45, 2.75) is 13.3 Å². The summed E-state index contributed by atoms with van der Waals surface area (Å²) in [7, 11) is 0. The largest absolute Gasteiger partial charge is 0.493 e. The van der Waals surface area contributed by atoms with E-state index in [9.17, 15) is 0 Å². The normalized spacial score (nSPS) is 10.5.